The molecule has 31 heavy (non-hydrogen) atoms. The van der Waals surface area contributed by atoms with Crippen molar-refractivity contribution in [1.29, 1.82) is 0 Å². The minimum Gasteiger partial charge on any atom is -0.376 e. The van der Waals surface area contributed by atoms with Crippen LogP contribution in [0.4, 0.5) is 11.4 Å². The Kier molecular flexibility index (Phi) is 7.34. The van der Waals surface area contributed by atoms with Gasteiger partial charge in [-0.25, -0.2) is 16.8 Å². The summed E-state index contributed by atoms with van der Waals surface area (Å²) in [5, 5.41) is 5.62. The van der Waals surface area contributed by atoms with Gasteiger partial charge < -0.3 is 10.6 Å². The van der Waals surface area contributed by atoms with E-state index in [-0.39, 0.29) is 28.0 Å². The predicted molar refractivity (Wildman–Crippen MR) is 120 cm³/mol. The number of sulfonamides is 1. The number of sulfone groups is 1. The van der Waals surface area contributed by atoms with E-state index in [0.29, 0.717) is 24.5 Å². The average molecular weight is 466 g/mol. The maximum absolute atomic E-state index is 12.8. The van der Waals surface area contributed by atoms with Gasteiger partial charge in [0.25, 0.3) is 0 Å². The minimum absolute atomic E-state index is 0.0225. The summed E-state index contributed by atoms with van der Waals surface area (Å²) < 4.78 is 50.8. The molecule has 0 radical (unpaired) electrons. The summed E-state index contributed by atoms with van der Waals surface area (Å²) >= 11 is 0. The Morgan fingerprint density at radius 3 is 2.23 bits per heavy atom. The highest BCUT2D eigenvalue weighted by molar-refractivity contribution is 7.91. The zero-order chi connectivity index (χ0) is 22.5. The van der Waals surface area contributed by atoms with E-state index < -0.39 is 19.9 Å². The van der Waals surface area contributed by atoms with Crippen molar-refractivity contribution in [2.45, 2.75) is 36.0 Å². The van der Waals surface area contributed by atoms with E-state index >= 15 is 0 Å². The van der Waals surface area contributed by atoms with Crippen molar-refractivity contribution in [3.05, 3.63) is 48.5 Å². The molecule has 0 atom stereocenters. The summed E-state index contributed by atoms with van der Waals surface area (Å²) in [7, 11) is -6.85. The van der Waals surface area contributed by atoms with Crippen LogP contribution in [-0.2, 0) is 24.7 Å². The second-order valence-corrected chi connectivity index (χ2v) is 11.5. The van der Waals surface area contributed by atoms with Gasteiger partial charge in [-0.05, 0) is 55.3 Å². The summed E-state index contributed by atoms with van der Waals surface area (Å²) in [6.45, 7) is 2.56. The zero-order valence-electron chi connectivity index (χ0n) is 17.4. The summed E-state index contributed by atoms with van der Waals surface area (Å²) in [5.41, 5.74) is 1.00. The van der Waals surface area contributed by atoms with Gasteiger partial charge in [-0.3, -0.25) is 4.79 Å². The molecule has 1 amide bonds. The van der Waals surface area contributed by atoms with Crippen molar-refractivity contribution in [2.75, 3.05) is 36.0 Å². The predicted octanol–water partition coefficient (Wildman–Crippen LogP) is 2.71. The van der Waals surface area contributed by atoms with E-state index in [9.17, 15) is 21.6 Å². The molecule has 0 aromatic heterocycles. The molecule has 1 fully saturated rings. The van der Waals surface area contributed by atoms with Gasteiger partial charge in [-0.2, -0.15) is 4.31 Å². The molecule has 1 saturated heterocycles. The Bertz CT molecular complexity index is 1120. The van der Waals surface area contributed by atoms with Crippen LogP contribution >= 0.6 is 0 Å². The summed E-state index contributed by atoms with van der Waals surface area (Å²) in [6, 6.07) is 12.4. The number of carbonyl (C=O) groups is 1. The van der Waals surface area contributed by atoms with E-state index in [0.717, 1.165) is 19.3 Å². The van der Waals surface area contributed by atoms with Gasteiger partial charge in [0.2, 0.25) is 15.9 Å². The molecule has 10 heteroatoms. The van der Waals surface area contributed by atoms with Gasteiger partial charge in [0.15, 0.2) is 9.84 Å². The molecule has 0 saturated carbocycles. The lowest BCUT2D eigenvalue weighted by molar-refractivity contribution is -0.114. The highest BCUT2D eigenvalue weighted by Crippen LogP contribution is 2.23. The van der Waals surface area contributed by atoms with Gasteiger partial charge in [-0.1, -0.05) is 19.4 Å². The standard InChI is InChI=1S/C21H27N3O5S2/c1-2-30(26,27)19-11-9-17(10-12-19)22-16-21(25)23-18-7-6-8-20(15-18)31(28,29)24-13-4-3-5-14-24/h6-12,15,22H,2-5,13-14,16H2,1H3,(H,23,25). The molecule has 2 N–H and O–H groups in total. The molecule has 168 valence electrons. The van der Waals surface area contributed by atoms with Crippen LogP contribution in [0.15, 0.2) is 58.3 Å². The van der Waals surface area contributed by atoms with Crippen LogP contribution in [0.1, 0.15) is 26.2 Å². The molecule has 1 aliphatic rings. The third-order valence-electron chi connectivity index (χ3n) is 5.12. The Morgan fingerprint density at radius 1 is 0.903 bits per heavy atom. The third kappa shape index (κ3) is 5.84. The van der Waals surface area contributed by atoms with Gasteiger partial charge in [0, 0.05) is 24.5 Å². The van der Waals surface area contributed by atoms with Crippen molar-refractivity contribution in [3.8, 4) is 0 Å². The largest absolute Gasteiger partial charge is 0.376 e. The zero-order valence-corrected chi connectivity index (χ0v) is 19.0. The van der Waals surface area contributed by atoms with E-state index in [1.54, 1.807) is 31.2 Å². The quantitative estimate of drug-likeness (QED) is 0.620. The monoisotopic (exact) mass is 465 g/mol. The molecule has 0 spiro atoms. The molecule has 2 aromatic carbocycles. The van der Waals surface area contributed by atoms with E-state index in [1.165, 1.54) is 28.6 Å². The number of hydrogen-bond donors (Lipinski definition) is 2. The number of nitrogens with one attached hydrogen (secondary N) is 2. The fourth-order valence-corrected chi connectivity index (χ4v) is 5.77. The Labute approximate surface area is 183 Å². The maximum atomic E-state index is 12.8. The molecule has 3 rings (SSSR count). The second-order valence-electron chi connectivity index (χ2n) is 7.32. The Morgan fingerprint density at radius 2 is 1.58 bits per heavy atom. The van der Waals surface area contributed by atoms with Gasteiger partial charge >= 0.3 is 0 Å². The van der Waals surface area contributed by atoms with Crippen molar-refractivity contribution >= 4 is 37.1 Å². The van der Waals surface area contributed by atoms with Crippen LogP contribution in [0.25, 0.3) is 0 Å². The van der Waals surface area contributed by atoms with Gasteiger partial charge in [-0.15, -0.1) is 0 Å². The molecular weight excluding hydrogens is 438 g/mol. The van der Waals surface area contributed by atoms with E-state index in [4.69, 9.17) is 0 Å². The molecule has 8 nitrogen and oxygen atoms in total. The fraction of sp³-hybridized carbons (Fsp3) is 0.381. The third-order valence-corrected chi connectivity index (χ3v) is 8.76. The number of benzene rings is 2. The topological polar surface area (TPSA) is 113 Å². The van der Waals surface area contributed by atoms with Crippen molar-refractivity contribution in [1.82, 2.24) is 4.31 Å². The number of carbonyl (C=O) groups excluding carboxylic acids is 1. The van der Waals surface area contributed by atoms with Crippen LogP contribution in [0.3, 0.4) is 0 Å². The minimum atomic E-state index is -3.58. The van der Waals surface area contributed by atoms with Crippen LogP contribution in [-0.4, -0.2) is 52.4 Å². The second kappa shape index (κ2) is 9.80. The number of piperidine rings is 1. The Balaban J connectivity index is 1.60. The first kappa shape index (κ1) is 23.2. The lowest BCUT2D eigenvalue weighted by atomic mass is 10.2. The van der Waals surface area contributed by atoms with Crippen LogP contribution in [0.2, 0.25) is 0 Å². The number of rotatable bonds is 8. The summed E-state index contributed by atoms with van der Waals surface area (Å²) in [4.78, 5) is 12.7. The number of amides is 1. The molecular formula is C21H27N3O5S2. The lowest BCUT2D eigenvalue weighted by Crippen LogP contribution is -2.35. The fourth-order valence-electron chi connectivity index (χ4n) is 3.32. The van der Waals surface area contributed by atoms with E-state index in [1.807, 2.05) is 0 Å². The van der Waals surface area contributed by atoms with Crippen LogP contribution in [0.5, 0.6) is 0 Å². The smallest absolute Gasteiger partial charge is 0.243 e. The van der Waals surface area contributed by atoms with Crippen LogP contribution in [0, 0.1) is 0 Å². The number of hydrogen-bond acceptors (Lipinski definition) is 6. The van der Waals surface area contributed by atoms with Crippen molar-refractivity contribution < 1.29 is 21.6 Å². The highest BCUT2D eigenvalue weighted by atomic mass is 32.2. The van der Waals surface area contributed by atoms with Gasteiger partial charge in [0.05, 0.1) is 22.1 Å². The normalized spacial score (nSPS) is 15.4. The maximum Gasteiger partial charge on any atom is 0.243 e. The first-order valence-electron chi connectivity index (χ1n) is 10.2. The van der Waals surface area contributed by atoms with Gasteiger partial charge in [0.1, 0.15) is 0 Å². The van der Waals surface area contributed by atoms with Crippen LogP contribution < -0.4 is 10.6 Å². The SMILES string of the molecule is CCS(=O)(=O)c1ccc(NCC(=O)Nc2cccc(S(=O)(=O)N3CCCCC3)c2)cc1. The number of nitrogens with zero attached hydrogens (tertiary/aromatic N) is 1. The summed E-state index contributed by atoms with van der Waals surface area (Å²) in [5.74, 6) is -0.327. The first-order chi connectivity index (χ1) is 14.7. The summed E-state index contributed by atoms with van der Waals surface area (Å²) in [6.07, 6.45) is 2.74. The first-order valence-corrected chi connectivity index (χ1v) is 13.3. The molecule has 1 heterocycles. The Hall–Kier alpha value is -2.43. The van der Waals surface area contributed by atoms with Crippen molar-refractivity contribution in [3.63, 3.8) is 0 Å². The highest BCUT2D eigenvalue weighted by Gasteiger charge is 2.26. The molecule has 0 aliphatic carbocycles. The van der Waals surface area contributed by atoms with Crippen molar-refractivity contribution in [2.24, 2.45) is 0 Å². The lowest BCUT2D eigenvalue weighted by Gasteiger charge is -2.26. The van der Waals surface area contributed by atoms with E-state index in [2.05, 4.69) is 10.6 Å². The average Bonchev–Trinajstić information content (AvgIpc) is 2.79. The molecule has 0 unspecified atom stereocenters. The molecule has 1 aliphatic heterocycles. The number of anilines is 2. The molecule has 0 bridgehead atoms. The molecule has 2 aromatic rings.